The minimum atomic E-state index is -0.0237. The van der Waals surface area contributed by atoms with Gasteiger partial charge in [0, 0.05) is 17.9 Å². The SMILES string of the molecule is CC(Br)C1CCN(C(=O)c2ccoc2Cl)CC1. The van der Waals surface area contributed by atoms with E-state index in [-0.39, 0.29) is 11.1 Å². The molecule has 2 rings (SSSR count). The molecule has 0 bridgehead atoms. The molecule has 0 spiro atoms. The van der Waals surface area contributed by atoms with Gasteiger partial charge in [-0.15, -0.1) is 0 Å². The molecular weight excluding hydrogens is 305 g/mol. The monoisotopic (exact) mass is 319 g/mol. The van der Waals surface area contributed by atoms with Crippen molar-refractivity contribution in [3.63, 3.8) is 0 Å². The fourth-order valence-corrected chi connectivity index (χ4v) is 2.90. The fraction of sp³-hybridized carbons (Fsp3) is 0.583. The smallest absolute Gasteiger partial charge is 0.258 e. The van der Waals surface area contributed by atoms with Crippen LogP contribution in [0.25, 0.3) is 0 Å². The standard InChI is InChI=1S/C12H15BrClNO2/c1-8(13)9-2-5-15(6-3-9)12(16)10-4-7-17-11(10)14/h4,7-9H,2-3,5-6H2,1H3. The summed E-state index contributed by atoms with van der Waals surface area (Å²) in [5, 5.41) is 0.186. The van der Waals surface area contributed by atoms with Crippen molar-refractivity contribution in [2.75, 3.05) is 13.1 Å². The van der Waals surface area contributed by atoms with E-state index in [2.05, 4.69) is 22.9 Å². The van der Waals surface area contributed by atoms with Gasteiger partial charge < -0.3 is 9.32 Å². The number of carbonyl (C=O) groups excluding carboxylic acids is 1. The van der Waals surface area contributed by atoms with Crippen molar-refractivity contribution >= 4 is 33.4 Å². The Kier molecular flexibility index (Phi) is 4.15. The Morgan fingerprint density at radius 2 is 2.24 bits per heavy atom. The number of amides is 1. The summed E-state index contributed by atoms with van der Waals surface area (Å²) in [4.78, 5) is 14.5. The molecule has 0 aliphatic carbocycles. The Bertz CT molecular complexity index is 397. The average molecular weight is 321 g/mol. The third kappa shape index (κ3) is 2.86. The third-order valence-corrected chi connectivity index (χ3v) is 4.37. The number of piperidine rings is 1. The van der Waals surface area contributed by atoms with E-state index in [0.717, 1.165) is 25.9 Å². The number of likely N-dealkylation sites (tertiary alicyclic amines) is 1. The van der Waals surface area contributed by atoms with Gasteiger partial charge in [0.15, 0.2) is 0 Å². The van der Waals surface area contributed by atoms with E-state index in [1.807, 2.05) is 4.90 Å². The van der Waals surface area contributed by atoms with E-state index in [4.69, 9.17) is 16.0 Å². The van der Waals surface area contributed by atoms with Crippen molar-refractivity contribution in [1.29, 1.82) is 0 Å². The molecular formula is C12H15BrClNO2. The Morgan fingerprint density at radius 3 is 2.71 bits per heavy atom. The van der Waals surface area contributed by atoms with Crippen molar-refractivity contribution in [2.45, 2.75) is 24.6 Å². The Hall–Kier alpha value is -0.480. The topological polar surface area (TPSA) is 33.5 Å². The molecule has 1 aliphatic rings. The minimum Gasteiger partial charge on any atom is -0.452 e. The maximum absolute atomic E-state index is 12.1. The van der Waals surface area contributed by atoms with Crippen molar-refractivity contribution < 1.29 is 9.21 Å². The number of alkyl halides is 1. The first-order valence-corrected chi connectivity index (χ1v) is 7.05. The van der Waals surface area contributed by atoms with Crippen LogP contribution >= 0.6 is 27.5 Å². The van der Waals surface area contributed by atoms with Crippen LogP contribution in [0.5, 0.6) is 0 Å². The molecule has 0 saturated carbocycles. The largest absolute Gasteiger partial charge is 0.452 e. The summed E-state index contributed by atoms with van der Waals surface area (Å²) in [6, 6.07) is 1.63. The van der Waals surface area contributed by atoms with Crippen LogP contribution in [-0.4, -0.2) is 28.7 Å². The zero-order valence-electron chi connectivity index (χ0n) is 9.66. The van der Waals surface area contributed by atoms with Gasteiger partial charge in [0.05, 0.1) is 11.8 Å². The van der Waals surface area contributed by atoms with E-state index in [9.17, 15) is 4.79 Å². The minimum absolute atomic E-state index is 0.0237. The highest BCUT2D eigenvalue weighted by Crippen LogP contribution is 2.27. The van der Waals surface area contributed by atoms with Gasteiger partial charge in [0.1, 0.15) is 0 Å². The molecule has 0 aromatic carbocycles. The molecule has 5 heteroatoms. The number of rotatable bonds is 2. The van der Waals surface area contributed by atoms with Crippen molar-refractivity contribution in [1.82, 2.24) is 4.90 Å². The summed E-state index contributed by atoms with van der Waals surface area (Å²) >= 11 is 9.41. The maximum Gasteiger partial charge on any atom is 0.258 e. The van der Waals surface area contributed by atoms with Crippen molar-refractivity contribution in [3.8, 4) is 0 Å². The van der Waals surface area contributed by atoms with Gasteiger partial charge in [-0.05, 0) is 36.4 Å². The summed E-state index contributed by atoms with van der Waals surface area (Å²) < 4.78 is 4.95. The number of carbonyl (C=O) groups is 1. The molecule has 1 fully saturated rings. The second-order valence-corrected chi connectivity index (χ2v) is 6.20. The third-order valence-electron chi connectivity index (χ3n) is 3.32. The predicted octanol–water partition coefficient (Wildman–Crippen LogP) is 3.57. The van der Waals surface area contributed by atoms with Gasteiger partial charge in [-0.3, -0.25) is 4.79 Å². The van der Waals surface area contributed by atoms with Crippen LogP contribution in [-0.2, 0) is 0 Å². The molecule has 0 N–H and O–H groups in total. The highest BCUT2D eigenvalue weighted by Gasteiger charge is 2.27. The van der Waals surface area contributed by atoms with Crippen LogP contribution in [0.1, 0.15) is 30.1 Å². The van der Waals surface area contributed by atoms with Crippen LogP contribution in [0, 0.1) is 5.92 Å². The van der Waals surface area contributed by atoms with E-state index in [1.165, 1.54) is 6.26 Å². The summed E-state index contributed by atoms with van der Waals surface area (Å²) in [6.45, 7) is 3.75. The molecule has 1 aromatic rings. The van der Waals surface area contributed by atoms with E-state index < -0.39 is 0 Å². The molecule has 3 nitrogen and oxygen atoms in total. The zero-order valence-corrected chi connectivity index (χ0v) is 12.0. The Labute approximate surface area is 114 Å². The lowest BCUT2D eigenvalue weighted by Gasteiger charge is -2.33. The number of nitrogens with zero attached hydrogens (tertiary/aromatic N) is 1. The molecule has 1 aliphatic heterocycles. The first-order valence-electron chi connectivity index (χ1n) is 5.76. The molecule has 94 valence electrons. The maximum atomic E-state index is 12.1. The number of hydrogen-bond donors (Lipinski definition) is 0. The highest BCUT2D eigenvalue weighted by atomic mass is 79.9. The molecule has 2 heterocycles. The average Bonchev–Trinajstić information content (AvgIpc) is 2.74. The lowest BCUT2D eigenvalue weighted by molar-refractivity contribution is 0.0691. The van der Waals surface area contributed by atoms with Gasteiger partial charge >= 0.3 is 0 Å². The summed E-state index contributed by atoms with van der Waals surface area (Å²) in [5.41, 5.74) is 0.469. The highest BCUT2D eigenvalue weighted by molar-refractivity contribution is 9.09. The molecule has 1 atom stereocenters. The predicted molar refractivity (Wildman–Crippen MR) is 70.7 cm³/mol. The van der Waals surface area contributed by atoms with Gasteiger partial charge in [-0.2, -0.15) is 0 Å². The van der Waals surface area contributed by atoms with Crippen LogP contribution in [0.15, 0.2) is 16.7 Å². The normalized spacial score (nSPS) is 19.4. The molecule has 1 amide bonds. The van der Waals surface area contributed by atoms with Gasteiger partial charge in [0.25, 0.3) is 5.91 Å². The molecule has 1 saturated heterocycles. The Morgan fingerprint density at radius 1 is 1.59 bits per heavy atom. The van der Waals surface area contributed by atoms with Crippen LogP contribution in [0.4, 0.5) is 0 Å². The second kappa shape index (κ2) is 5.44. The van der Waals surface area contributed by atoms with Crippen LogP contribution in [0.2, 0.25) is 5.22 Å². The van der Waals surface area contributed by atoms with Gasteiger partial charge in [0.2, 0.25) is 5.22 Å². The number of hydrogen-bond acceptors (Lipinski definition) is 2. The summed E-state index contributed by atoms with van der Waals surface area (Å²) in [6.07, 6.45) is 3.52. The lowest BCUT2D eigenvalue weighted by atomic mass is 9.94. The number of furan rings is 1. The van der Waals surface area contributed by atoms with Gasteiger partial charge in [-0.25, -0.2) is 0 Å². The van der Waals surface area contributed by atoms with Crippen LogP contribution in [0.3, 0.4) is 0 Å². The summed E-state index contributed by atoms with van der Waals surface area (Å²) in [7, 11) is 0. The first-order chi connectivity index (χ1) is 8.09. The Balaban J connectivity index is 1.98. The zero-order chi connectivity index (χ0) is 12.4. The first kappa shape index (κ1) is 13.0. The van der Waals surface area contributed by atoms with E-state index in [0.29, 0.717) is 16.3 Å². The van der Waals surface area contributed by atoms with Crippen molar-refractivity contribution in [3.05, 3.63) is 23.1 Å². The van der Waals surface area contributed by atoms with Crippen molar-refractivity contribution in [2.24, 2.45) is 5.92 Å². The molecule has 1 aromatic heterocycles. The van der Waals surface area contributed by atoms with E-state index in [1.54, 1.807) is 6.07 Å². The van der Waals surface area contributed by atoms with Crippen LogP contribution < -0.4 is 0 Å². The van der Waals surface area contributed by atoms with E-state index >= 15 is 0 Å². The van der Waals surface area contributed by atoms with Gasteiger partial charge in [-0.1, -0.05) is 22.9 Å². The lowest BCUT2D eigenvalue weighted by Crippen LogP contribution is -2.39. The molecule has 1 unspecified atom stereocenters. The quantitative estimate of drug-likeness (QED) is 0.781. The molecule has 17 heavy (non-hydrogen) atoms. The summed E-state index contributed by atoms with van der Waals surface area (Å²) in [5.74, 6) is 0.628. The molecule has 0 radical (unpaired) electrons. The fourth-order valence-electron chi connectivity index (χ4n) is 2.18. The second-order valence-electron chi connectivity index (χ2n) is 4.42. The number of halogens is 2.